The standard InChI is InChI=1S/C25H22N2O2/c1-18-24(17-28-23-13-9-19(10-14-23)6-4-5-15-26)27-25(29-18)22-12-11-20-7-2-3-8-21(20)16-22/h2-3,7-14,16H,4-6,17H2,1H3. The van der Waals surface area contributed by atoms with Crippen LogP contribution in [0, 0.1) is 18.3 Å². The molecule has 0 atom stereocenters. The van der Waals surface area contributed by atoms with Crippen molar-refractivity contribution in [2.24, 2.45) is 0 Å². The lowest BCUT2D eigenvalue weighted by Gasteiger charge is -2.06. The molecule has 0 unspecified atom stereocenters. The second-order valence-corrected chi connectivity index (χ2v) is 7.03. The van der Waals surface area contributed by atoms with Gasteiger partial charge in [-0.25, -0.2) is 4.98 Å². The smallest absolute Gasteiger partial charge is 0.226 e. The minimum Gasteiger partial charge on any atom is -0.487 e. The molecule has 0 fully saturated rings. The molecule has 0 amide bonds. The molecule has 29 heavy (non-hydrogen) atoms. The maximum atomic E-state index is 8.63. The van der Waals surface area contributed by atoms with Crippen LogP contribution in [-0.4, -0.2) is 4.98 Å². The molecule has 0 aliphatic carbocycles. The van der Waals surface area contributed by atoms with Crippen molar-refractivity contribution in [1.29, 1.82) is 5.26 Å². The van der Waals surface area contributed by atoms with Gasteiger partial charge in [-0.05, 0) is 60.4 Å². The molecule has 0 N–H and O–H groups in total. The summed E-state index contributed by atoms with van der Waals surface area (Å²) < 4.78 is 11.8. The molecule has 0 saturated heterocycles. The predicted molar refractivity (Wildman–Crippen MR) is 114 cm³/mol. The molecular formula is C25H22N2O2. The largest absolute Gasteiger partial charge is 0.487 e. The summed E-state index contributed by atoms with van der Waals surface area (Å²) in [6, 6.07) is 24.6. The average molecular weight is 382 g/mol. The van der Waals surface area contributed by atoms with Gasteiger partial charge >= 0.3 is 0 Å². The lowest BCUT2D eigenvalue weighted by Crippen LogP contribution is -1.98. The van der Waals surface area contributed by atoms with Crippen molar-refractivity contribution in [3.63, 3.8) is 0 Å². The number of fused-ring (bicyclic) bond motifs is 1. The Morgan fingerprint density at radius 3 is 2.59 bits per heavy atom. The van der Waals surface area contributed by atoms with E-state index in [0.29, 0.717) is 18.9 Å². The molecule has 0 radical (unpaired) electrons. The monoisotopic (exact) mass is 382 g/mol. The van der Waals surface area contributed by atoms with Crippen molar-refractivity contribution in [3.8, 4) is 23.3 Å². The molecule has 0 saturated carbocycles. The molecule has 4 rings (SSSR count). The SMILES string of the molecule is Cc1oc(-c2ccc3ccccc3c2)nc1COc1ccc(CCCC#N)cc1. The zero-order valence-electron chi connectivity index (χ0n) is 16.4. The summed E-state index contributed by atoms with van der Waals surface area (Å²) in [6.07, 6.45) is 2.38. The second kappa shape index (κ2) is 8.62. The summed E-state index contributed by atoms with van der Waals surface area (Å²) >= 11 is 0. The third-order valence-electron chi connectivity index (χ3n) is 4.94. The van der Waals surface area contributed by atoms with E-state index in [1.165, 1.54) is 10.9 Å². The molecule has 0 aliphatic heterocycles. The van der Waals surface area contributed by atoms with E-state index in [1.807, 2.05) is 49.4 Å². The maximum absolute atomic E-state index is 8.63. The van der Waals surface area contributed by atoms with Gasteiger partial charge in [0.1, 0.15) is 23.8 Å². The fourth-order valence-electron chi connectivity index (χ4n) is 3.28. The van der Waals surface area contributed by atoms with Gasteiger partial charge in [0.15, 0.2) is 0 Å². The van der Waals surface area contributed by atoms with Crippen LogP contribution in [0.1, 0.15) is 29.9 Å². The second-order valence-electron chi connectivity index (χ2n) is 7.03. The van der Waals surface area contributed by atoms with Gasteiger partial charge in [-0.15, -0.1) is 0 Å². The highest BCUT2D eigenvalue weighted by Gasteiger charge is 2.12. The third-order valence-corrected chi connectivity index (χ3v) is 4.94. The molecule has 3 aromatic carbocycles. The van der Waals surface area contributed by atoms with Crippen molar-refractivity contribution in [2.75, 3.05) is 0 Å². The first kappa shape index (κ1) is 18.8. The number of oxazole rings is 1. The molecule has 4 aromatic rings. The van der Waals surface area contributed by atoms with E-state index >= 15 is 0 Å². The van der Waals surface area contributed by atoms with Crippen LogP contribution in [0.5, 0.6) is 5.75 Å². The van der Waals surface area contributed by atoms with Gasteiger partial charge in [0, 0.05) is 12.0 Å². The van der Waals surface area contributed by atoms with Crippen LogP contribution in [0.3, 0.4) is 0 Å². The summed E-state index contributed by atoms with van der Waals surface area (Å²) in [7, 11) is 0. The van der Waals surface area contributed by atoms with Crippen LogP contribution in [0.25, 0.3) is 22.2 Å². The Morgan fingerprint density at radius 2 is 1.79 bits per heavy atom. The first-order valence-electron chi connectivity index (χ1n) is 9.77. The van der Waals surface area contributed by atoms with Crippen molar-refractivity contribution in [3.05, 3.63) is 83.7 Å². The molecule has 4 nitrogen and oxygen atoms in total. The highest BCUT2D eigenvalue weighted by atomic mass is 16.5. The fourth-order valence-corrected chi connectivity index (χ4v) is 3.28. The molecular weight excluding hydrogens is 360 g/mol. The summed E-state index contributed by atoms with van der Waals surface area (Å²) in [5, 5.41) is 11.0. The zero-order chi connectivity index (χ0) is 20.1. The molecule has 1 heterocycles. The number of benzene rings is 3. The van der Waals surface area contributed by atoms with E-state index in [2.05, 4.69) is 35.3 Å². The van der Waals surface area contributed by atoms with Crippen LogP contribution in [0.15, 0.2) is 71.1 Å². The molecule has 4 heteroatoms. The summed E-state index contributed by atoms with van der Waals surface area (Å²) in [5.41, 5.74) is 2.97. The third kappa shape index (κ3) is 4.47. The van der Waals surface area contributed by atoms with Gasteiger partial charge in [0.05, 0.1) is 6.07 Å². The van der Waals surface area contributed by atoms with Gasteiger partial charge < -0.3 is 9.15 Å². The zero-order valence-corrected chi connectivity index (χ0v) is 16.4. The van der Waals surface area contributed by atoms with E-state index in [4.69, 9.17) is 14.4 Å². The summed E-state index contributed by atoms with van der Waals surface area (Å²) in [4.78, 5) is 4.65. The molecule has 144 valence electrons. The van der Waals surface area contributed by atoms with Crippen LogP contribution in [0.2, 0.25) is 0 Å². The van der Waals surface area contributed by atoms with Gasteiger partial charge in [0.25, 0.3) is 0 Å². The van der Waals surface area contributed by atoms with E-state index in [1.54, 1.807) is 0 Å². The summed E-state index contributed by atoms with van der Waals surface area (Å²) in [6.45, 7) is 2.27. The minimum absolute atomic E-state index is 0.358. The highest BCUT2D eigenvalue weighted by Crippen LogP contribution is 2.26. The minimum atomic E-state index is 0.358. The maximum Gasteiger partial charge on any atom is 0.226 e. The van der Waals surface area contributed by atoms with Crippen LogP contribution in [0.4, 0.5) is 0 Å². The van der Waals surface area contributed by atoms with Crippen LogP contribution < -0.4 is 4.74 Å². The number of hydrogen-bond acceptors (Lipinski definition) is 4. The number of hydrogen-bond donors (Lipinski definition) is 0. The first-order valence-corrected chi connectivity index (χ1v) is 9.77. The Balaban J connectivity index is 1.43. The average Bonchev–Trinajstić information content (AvgIpc) is 3.13. The van der Waals surface area contributed by atoms with Crippen molar-refractivity contribution >= 4 is 10.8 Å². The summed E-state index contributed by atoms with van der Waals surface area (Å²) in [5.74, 6) is 2.17. The Hall–Kier alpha value is -3.58. The van der Waals surface area contributed by atoms with Gasteiger partial charge in [-0.2, -0.15) is 5.26 Å². The Kier molecular flexibility index (Phi) is 5.58. The first-order chi connectivity index (χ1) is 14.2. The number of aryl methyl sites for hydroxylation is 2. The molecule has 0 bridgehead atoms. The van der Waals surface area contributed by atoms with E-state index < -0.39 is 0 Å². The molecule has 1 aromatic heterocycles. The number of ether oxygens (including phenoxy) is 1. The van der Waals surface area contributed by atoms with E-state index in [0.717, 1.165) is 41.0 Å². The van der Waals surface area contributed by atoms with Crippen molar-refractivity contribution in [1.82, 2.24) is 4.98 Å². The number of nitrogens with zero attached hydrogens (tertiary/aromatic N) is 2. The Labute approximate surface area is 170 Å². The van der Waals surface area contributed by atoms with Gasteiger partial charge in [-0.1, -0.05) is 42.5 Å². The molecule has 0 spiro atoms. The lowest BCUT2D eigenvalue weighted by atomic mass is 10.1. The quantitative estimate of drug-likeness (QED) is 0.356. The van der Waals surface area contributed by atoms with Crippen LogP contribution >= 0.6 is 0 Å². The van der Waals surface area contributed by atoms with Crippen molar-refractivity contribution < 1.29 is 9.15 Å². The van der Waals surface area contributed by atoms with Gasteiger partial charge in [0.2, 0.25) is 5.89 Å². The van der Waals surface area contributed by atoms with E-state index in [9.17, 15) is 0 Å². The van der Waals surface area contributed by atoms with Crippen LogP contribution in [-0.2, 0) is 13.0 Å². The number of nitriles is 1. The van der Waals surface area contributed by atoms with Gasteiger partial charge in [-0.3, -0.25) is 0 Å². The topological polar surface area (TPSA) is 59.1 Å². The van der Waals surface area contributed by atoms with Crippen molar-refractivity contribution in [2.45, 2.75) is 32.8 Å². The fraction of sp³-hybridized carbons (Fsp3) is 0.200. The highest BCUT2D eigenvalue weighted by molar-refractivity contribution is 5.86. The number of aromatic nitrogens is 1. The van der Waals surface area contributed by atoms with E-state index in [-0.39, 0.29) is 0 Å². The number of unbranched alkanes of at least 4 members (excludes halogenated alkanes) is 1. The molecule has 0 aliphatic rings. The Morgan fingerprint density at radius 1 is 1.00 bits per heavy atom. The number of rotatable bonds is 7. The predicted octanol–water partition coefficient (Wildman–Crippen LogP) is 6.23. The Bertz CT molecular complexity index is 1150. The normalized spacial score (nSPS) is 10.8. The lowest BCUT2D eigenvalue weighted by molar-refractivity contribution is 0.299.